The molecule has 2 fully saturated rings. The molecular formula is C11H22N2O. The van der Waals surface area contributed by atoms with Crippen molar-refractivity contribution >= 4 is 0 Å². The van der Waals surface area contributed by atoms with Crippen LogP contribution < -0.4 is 5.73 Å². The third kappa shape index (κ3) is 2.10. The van der Waals surface area contributed by atoms with Gasteiger partial charge in [0.25, 0.3) is 0 Å². The van der Waals surface area contributed by atoms with Gasteiger partial charge in [-0.15, -0.1) is 0 Å². The lowest BCUT2D eigenvalue weighted by Crippen LogP contribution is -2.52. The summed E-state index contributed by atoms with van der Waals surface area (Å²) in [7, 11) is 1.86. The van der Waals surface area contributed by atoms with Crippen LogP contribution in [0.3, 0.4) is 0 Å². The lowest BCUT2D eigenvalue weighted by molar-refractivity contribution is -0.0938. The predicted octanol–water partition coefficient (Wildman–Crippen LogP) is 0.979. The average molecular weight is 198 g/mol. The zero-order valence-electron chi connectivity index (χ0n) is 9.17. The highest BCUT2D eigenvalue weighted by Gasteiger charge is 2.38. The lowest BCUT2D eigenvalue weighted by atomic mass is 9.79. The third-order valence-corrected chi connectivity index (χ3v) is 3.84. The summed E-state index contributed by atoms with van der Waals surface area (Å²) >= 11 is 0. The van der Waals surface area contributed by atoms with E-state index in [9.17, 15) is 0 Å². The minimum Gasteiger partial charge on any atom is -0.377 e. The fraction of sp³-hybridized carbons (Fsp3) is 1.00. The molecule has 3 nitrogen and oxygen atoms in total. The van der Waals surface area contributed by atoms with Gasteiger partial charge in [-0.3, -0.25) is 0 Å². The molecule has 3 heteroatoms. The van der Waals surface area contributed by atoms with Gasteiger partial charge in [0.2, 0.25) is 0 Å². The molecule has 0 radical (unpaired) electrons. The SMILES string of the molecule is COC1(CN2CCC(N)CC2)CCC1. The number of likely N-dealkylation sites (tertiary alicyclic amines) is 1. The number of nitrogens with two attached hydrogens (primary N) is 1. The average Bonchev–Trinajstić information content (AvgIpc) is 2.15. The molecule has 2 aliphatic rings. The van der Waals surface area contributed by atoms with Crippen LogP contribution in [0.5, 0.6) is 0 Å². The van der Waals surface area contributed by atoms with Crippen LogP contribution in [0.4, 0.5) is 0 Å². The Morgan fingerprint density at radius 3 is 2.43 bits per heavy atom. The first-order chi connectivity index (χ1) is 6.74. The number of methoxy groups -OCH3 is 1. The van der Waals surface area contributed by atoms with E-state index in [0.29, 0.717) is 6.04 Å². The van der Waals surface area contributed by atoms with E-state index < -0.39 is 0 Å². The van der Waals surface area contributed by atoms with Crippen LogP contribution in [0, 0.1) is 0 Å². The number of hydrogen-bond acceptors (Lipinski definition) is 3. The van der Waals surface area contributed by atoms with Gasteiger partial charge in [0.1, 0.15) is 0 Å². The first-order valence-electron chi connectivity index (χ1n) is 5.77. The summed E-state index contributed by atoms with van der Waals surface area (Å²) in [4.78, 5) is 2.52. The second-order valence-electron chi connectivity index (χ2n) is 4.85. The van der Waals surface area contributed by atoms with Crippen LogP contribution in [0.15, 0.2) is 0 Å². The minimum absolute atomic E-state index is 0.196. The van der Waals surface area contributed by atoms with Crippen LogP contribution in [0.25, 0.3) is 0 Å². The summed E-state index contributed by atoms with van der Waals surface area (Å²) < 4.78 is 5.63. The van der Waals surface area contributed by atoms with Gasteiger partial charge in [-0.05, 0) is 45.2 Å². The van der Waals surface area contributed by atoms with E-state index in [1.807, 2.05) is 7.11 Å². The van der Waals surface area contributed by atoms with Crippen molar-refractivity contribution in [2.24, 2.45) is 5.73 Å². The number of hydrogen-bond donors (Lipinski definition) is 1. The third-order valence-electron chi connectivity index (χ3n) is 3.84. The van der Waals surface area contributed by atoms with Gasteiger partial charge < -0.3 is 15.4 Å². The molecule has 0 bridgehead atoms. The maximum absolute atomic E-state index is 5.88. The Bertz CT molecular complexity index is 178. The summed E-state index contributed by atoms with van der Waals surface area (Å²) in [6.07, 6.45) is 6.12. The highest BCUT2D eigenvalue weighted by atomic mass is 16.5. The Balaban J connectivity index is 1.79. The second-order valence-corrected chi connectivity index (χ2v) is 4.85. The largest absolute Gasteiger partial charge is 0.377 e. The first kappa shape index (κ1) is 10.4. The number of piperidine rings is 1. The van der Waals surface area contributed by atoms with Crippen LogP contribution in [0.1, 0.15) is 32.1 Å². The molecule has 2 N–H and O–H groups in total. The molecule has 1 saturated carbocycles. The number of rotatable bonds is 3. The predicted molar refractivity (Wildman–Crippen MR) is 57.2 cm³/mol. The maximum atomic E-state index is 5.88. The Morgan fingerprint density at radius 2 is 2.00 bits per heavy atom. The molecular weight excluding hydrogens is 176 g/mol. The monoisotopic (exact) mass is 198 g/mol. The van der Waals surface area contributed by atoms with E-state index in [4.69, 9.17) is 10.5 Å². The van der Waals surface area contributed by atoms with Crippen molar-refractivity contribution in [1.82, 2.24) is 4.90 Å². The van der Waals surface area contributed by atoms with E-state index in [1.54, 1.807) is 0 Å². The van der Waals surface area contributed by atoms with Crippen LogP contribution in [0.2, 0.25) is 0 Å². The Morgan fingerprint density at radius 1 is 1.36 bits per heavy atom. The molecule has 0 aromatic rings. The van der Waals surface area contributed by atoms with Gasteiger partial charge in [0.05, 0.1) is 5.60 Å². The van der Waals surface area contributed by atoms with Crippen molar-refractivity contribution in [3.8, 4) is 0 Å². The van der Waals surface area contributed by atoms with E-state index in [0.717, 1.165) is 32.5 Å². The van der Waals surface area contributed by atoms with Crippen LogP contribution in [-0.2, 0) is 4.74 Å². The summed E-state index contributed by atoms with van der Waals surface area (Å²) in [6.45, 7) is 3.44. The van der Waals surface area contributed by atoms with Crippen molar-refractivity contribution in [2.75, 3.05) is 26.7 Å². The molecule has 1 heterocycles. The van der Waals surface area contributed by atoms with Gasteiger partial charge in [-0.25, -0.2) is 0 Å². The normalized spacial score (nSPS) is 28.7. The highest BCUT2D eigenvalue weighted by Crippen LogP contribution is 2.36. The van der Waals surface area contributed by atoms with Crippen molar-refractivity contribution < 1.29 is 4.74 Å². The molecule has 0 aromatic heterocycles. The van der Waals surface area contributed by atoms with E-state index in [2.05, 4.69) is 4.90 Å². The lowest BCUT2D eigenvalue weighted by Gasteiger charge is -2.45. The fourth-order valence-electron chi connectivity index (χ4n) is 2.52. The van der Waals surface area contributed by atoms with Crippen molar-refractivity contribution in [1.29, 1.82) is 0 Å². The minimum atomic E-state index is 0.196. The van der Waals surface area contributed by atoms with Gasteiger partial charge in [-0.2, -0.15) is 0 Å². The summed E-state index contributed by atoms with van der Waals surface area (Å²) in [6, 6.07) is 0.436. The molecule has 1 aliphatic carbocycles. The maximum Gasteiger partial charge on any atom is 0.0805 e. The smallest absolute Gasteiger partial charge is 0.0805 e. The standard InChI is InChI=1S/C11H22N2O/c1-14-11(5-2-6-11)9-13-7-3-10(12)4-8-13/h10H,2-9,12H2,1H3. The van der Waals surface area contributed by atoms with Crippen molar-refractivity contribution in [3.63, 3.8) is 0 Å². The highest BCUT2D eigenvalue weighted by molar-refractivity contribution is 4.93. The van der Waals surface area contributed by atoms with E-state index >= 15 is 0 Å². The molecule has 1 saturated heterocycles. The molecule has 0 aromatic carbocycles. The van der Waals surface area contributed by atoms with Gasteiger partial charge in [-0.1, -0.05) is 0 Å². The molecule has 0 atom stereocenters. The zero-order chi connectivity index (χ0) is 10.0. The Kier molecular flexibility index (Phi) is 3.10. The summed E-state index contributed by atoms with van der Waals surface area (Å²) in [5.41, 5.74) is 6.08. The first-order valence-corrected chi connectivity index (χ1v) is 5.77. The van der Waals surface area contributed by atoms with E-state index in [1.165, 1.54) is 19.3 Å². The van der Waals surface area contributed by atoms with Gasteiger partial charge in [0, 0.05) is 19.7 Å². The zero-order valence-corrected chi connectivity index (χ0v) is 9.17. The molecule has 0 amide bonds. The van der Waals surface area contributed by atoms with Crippen molar-refractivity contribution in [3.05, 3.63) is 0 Å². The number of nitrogens with zero attached hydrogens (tertiary/aromatic N) is 1. The quantitative estimate of drug-likeness (QED) is 0.734. The molecule has 2 rings (SSSR count). The molecule has 14 heavy (non-hydrogen) atoms. The van der Waals surface area contributed by atoms with Crippen LogP contribution >= 0.6 is 0 Å². The van der Waals surface area contributed by atoms with Gasteiger partial charge >= 0.3 is 0 Å². The molecule has 0 spiro atoms. The Hall–Kier alpha value is -0.120. The fourth-order valence-corrected chi connectivity index (χ4v) is 2.52. The van der Waals surface area contributed by atoms with Crippen molar-refractivity contribution in [2.45, 2.75) is 43.7 Å². The van der Waals surface area contributed by atoms with E-state index in [-0.39, 0.29) is 5.60 Å². The second kappa shape index (κ2) is 4.17. The van der Waals surface area contributed by atoms with Gasteiger partial charge in [0.15, 0.2) is 0 Å². The molecule has 82 valence electrons. The number of ether oxygens (including phenoxy) is 1. The Labute approximate surface area is 86.6 Å². The van der Waals surface area contributed by atoms with Crippen LogP contribution in [-0.4, -0.2) is 43.3 Å². The summed E-state index contributed by atoms with van der Waals surface area (Å²) in [5.74, 6) is 0. The topological polar surface area (TPSA) is 38.5 Å². The molecule has 0 unspecified atom stereocenters. The summed E-state index contributed by atoms with van der Waals surface area (Å²) in [5, 5.41) is 0. The molecule has 1 aliphatic heterocycles.